The van der Waals surface area contributed by atoms with Gasteiger partial charge in [0, 0.05) is 0 Å². The van der Waals surface area contributed by atoms with Crippen LogP contribution in [0.3, 0.4) is 0 Å². The van der Waals surface area contributed by atoms with Gasteiger partial charge in [0.25, 0.3) is 0 Å². The predicted molar refractivity (Wildman–Crippen MR) is 109 cm³/mol. The van der Waals surface area contributed by atoms with Crippen molar-refractivity contribution < 1.29 is 38.9 Å². The molecule has 8 nitrogen and oxygen atoms in total. The molecule has 0 unspecified atom stereocenters. The van der Waals surface area contributed by atoms with Gasteiger partial charge in [0.15, 0.2) is 0 Å². The van der Waals surface area contributed by atoms with Crippen LogP contribution in [-0.4, -0.2) is 47.3 Å². The number of unbranched alkanes of at least 4 members (excludes halogenated alkanes) is 6. The molecule has 0 fully saturated rings. The first-order chi connectivity index (χ1) is 14.3. The van der Waals surface area contributed by atoms with E-state index in [-0.39, 0.29) is 24.3 Å². The SMILES string of the molecule is CCCCCCOC(=O)c1cc(C(=O)O)c(C(=O)O)cc1C(=O)OCCCCCC. The highest BCUT2D eigenvalue weighted by atomic mass is 16.5. The van der Waals surface area contributed by atoms with Gasteiger partial charge in [-0.15, -0.1) is 0 Å². The molecule has 0 saturated heterocycles. The van der Waals surface area contributed by atoms with Gasteiger partial charge in [0.05, 0.1) is 35.5 Å². The maximum Gasteiger partial charge on any atom is 0.339 e. The van der Waals surface area contributed by atoms with Crippen molar-refractivity contribution in [1.29, 1.82) is 0 Å². The number of aromatic carboxylic acids is 2. The minimum Gasteiger partial charge on any atom is -0.478 e. The minimum absolute atomic E-state index is 0.118. The molecule has 0 saturated carbocycles. The van der Waals surface area contributed by atoms with Crippen molar-refractivity contribution >= 4 is 23.9 Å². The zero-order valence-corrected chi connectivity index (χ0v) is 17.6. The average Bonchev–Trinajstić information content (AvgIpc) is 2.71. The lowest BCUT2D eigenvalue weighted by Crippen LogP contribution is -2.19. The largest absolute Gasteiger partial charge is 0.478 e. The molecule has 0 radical (unpaired) electrons. The van der Waals surface area contributed by atoms with Gasteiger partial charge in [0.1, 0.15) is 0 Å². The van der Waals surface area contributed by atoms with Crippen molar-refractivity contribution in [2.24, 2.45) is 0 Å². The number of benzene rings is 1. The van der Waals surface area contributed by atoms with E-state index in [9.17, 15) is 29.4 Å². The fraction of sp³-hybridized carbons (Fsp3) is 0.545. The highest BCUT2D eigenvalue weighted by Gasteiger charge is 2.27. The van der Waals surface area contributed by atoms with Crippen LogP contribution in [0.4, 0.5) is 0 Å². The summed E-state index contributed by atoms with van der Waals surface area (Å²) < 4.78 is 10.3. The van der Waals surface area contributed by atoms with Gasteiger partial charge >= 0.3 is 23.9 Å². The number of rotatable bonds is 14. The van der Waals surface area contributed by atoms with Crippen LogP contribution >= 0.6 is 0 Å². The number of carboxylic acids is 2. The lowest BCUT2D eigenvalue weighted by Gasteiger charge is -2.13. The van der Waals surface area contributed by atoms with E-state index >= 15 is 0 Å². The van der Waals surface area contributed by atoms with Crippen molar-refractivity contribution in [3.8, 4) is 0 Å². The van der Waals surface area contributed by atoms with Gasteiger partial charge in [-0.1, -0.05) is 52.4 Å². The Balaban J connectivity index is 3.10. The van der Waals surface area contributed by atoms with Crippen molar-refractivity contribution in [2.45, 2.75) is 65.2 Å². The standard InChI is InChI=1S/C22H30O8/c1-3-5-7-9-11-29-21(27)17-13-15(19(23)24)16(20(25)26)14-18(17)22(28)30-12-10-8-6-4-2/h13-14H,3-12H2,1-2H3,(H,23,24)(H,25,26). The van der Waals surface area contributed by atoms with Crippen LogP contribution in [0.2, 0.25) is 0 Å². The molecule has 0 aromatic heterocycles. The fourth-order valence-electron chi connectivity index (χ4n) is 2.83. The number of ether oxygens (including phenoxy) is 2. The van der Waals surface area contributed by atoms with Crippen LogP contribution in [0.15, 0.2) is 12.1 Å². The molecule has 8 heteroatoms. The Morgan fingerprint density at radius 1 is 0.633 bits per heavy atom. The molecular formula is C22H30O8. The Hall–Kier alpha value is -2.90. The number of carbonyl (C=O) groups is 4. The zero-order chi connectivity index (χ0) is 22.5. The molecule has 2 N–H and O–H groups in total. The summed E-state index contributed by atoms with van der Waals surface area (Å²) >= 11 is 0. The third kappa shape index (κ3) is 7.85. The van der Waals surface area contributed by atoms with Gasteiger partial charge in [-0.05, 0) is 25.0 Å². The first kappa shape index (κ1) is 25.1. The molecule has 0 aliphatic heterocycles. The van der Waals surface area contributed by atoms with E-state index in [4.69, 9.17) is 9.47 Å². The van der Waals surface area contributed by atoms with E-state index in [0.29, 0.717) is 12.8 Å². The summed E-state index contributed by atoms with van der Waals surface area (Å²) in [4.78, 5) is 47.9. The maximum atomic E-state index is 12.5. The van der Waals surface area contributed by atoms with Crippen LogP contribution in [-0.2, 0) is 9.47 Å². The first-order valence-electron chi connectivity index (χ1n) is 10.3. The van der Waals surface area contributed by atoms with E-state index in [1.54, 1.807) is 0 Å². The van der Waals surface area contributed by atoms with Crippen LogP contribution in [0.5, 0.6) is 0 Å². The molecule has 0 atom stereocenters. The molecule has 1 aromatic rings. The van der Waals surface area contributed by atoms with Crippen LogP contribution < -0.4 is 0 Å². The molecule has 30 heavy (non-hydrogen) atoms. The number of hydrogen-bond donors (Lipinski definition) is 2. The quantitative estimate of drug-likeness (QED) is 0.330. The lowest BCUT2D eigenvalue weighted by molar-refractivity contribution is 0.0449. The molecule has 0 heterocycles. The molecule has 166 valence electrons. The monoisotopic (exact) mass is 422 g/mol. The van der Waals surface area contributed by atoms with Gasteiger partial charge in [-0.2, -0.15) is 0 Å². The summed E-state index contributed by atoms with van der Waals surface area (Å²) in [6.07, 6.45) is 7.02. The third-order valence-electron chi connectivity index (χ3n) is 4.52. The third-order valence-corrected chi connectivity index (χ3v) is 4.52. The Bertz CT molecular complexity index is 691. The molecule has 0 bridgehead atoms. The molecule has 1 rings (SSSR count). The molecule has 0 amide bonds. The van der Waals surface area contributed by atoms with Crippen LogP contribution in [0.1, 0.15) is 107 Å². The number of carbonyl (C=O) groups excluding carboxylic acids is 2. The number of carboxylic acid groups (broad SMARTS) is 2. The van der Waals surface area contributed by atoms with Crippen molar-refractivity contribution in [2.75, 3.05) is 13.2 Å². The fourth-order valence-corrected chi connectivity index (χ4v) is 2.83. The highest BCUT2D eigenvalue weighted by molar-refractivity contribution is 6.09. The second kappa shape index (κ2) is 13.3. The van der Waals surface area contributed by atoms with E-state index in [1.165, 1.54) is 0 Å². The van der Waals surface area contributed by atoms with Gasteiger partial charge in [-0.25, -0.2) is 19.2 Å². The second-order valence-electron chi connectivity index (χ2n) is 6.95. The smallest absolute Gasteiger partial charge is 0.339 e. The van der Waals surface area contributed by atoms with E-state index in [0.717, 1.165) is 50.7 Å². The zero-order valence-electron chi connectivity index (χ0n) is 17.6. The van der Waals surface area contributed by atoms with E-state index < -0.39 is 35.0 Å². The van der Waals surface area contributed by atoms with Crippen molar-refractivity contribution in [3.05, 3.63) is 34.4 Å². The normalized spacial score (nSPS) is 10.5. The average molecular weight is 422 g/mol. The molecular weight excluding hydrogens is 392 g/mol. The van der Waals surface area contributed by atoms with Gasteiger partial charge in [-0.3, -0.25) is 0 Å². The maximum absolute atomic E-state index is 12.5. The van der Waals surface area contributed by atoms with Crippen LogP contribution in [0, 0.1) is 0 Å². The van der Waals surface area contributed by atoms with Gasteiger partial charge < -0.3 is 19.7 Å². The summed E-state index contributed by atoms with van der Waals surface area (Å²) in [5.41, 5.74) is -1.82. The van der Waals surface area contributed by atoms with E-state index in [1.807, 2.05) is 13.8 Å². The van der Waals surface area contributed by atoms with Gasteiger partial charge in [0.2, 0.25) is 0 Å². The minimum atomic E-state index is -1.52. The van der Waals surface area contributed by atoms with Crippen molar-refractivity contribution in [3.63, 3.8) is 0 Å². The Morgan fingerprint density at radius 3 is 1.30 bits per heavy atom. The summed E-state index contributed by atoms with van der Waals surface area (Å²) in [6.45, 7) is 4.33. The second-order valence-corrected chi connectivity index (χ2v) is 6.95. The van der Waals surface area contributed by atoms with Crippen LogP contribution in [0.25, 0.3) is 0 Å². The summed E-state index contributed by atoms with van der Waals surface area (Å²) in [5, 5.41) is 18.6. The van der Waals surface area contributed by atoms with E-state index in [2.05, 4.69) is 0 Å². The molecule has 0 aliphatic rings. The molecule has 1 aromatic carbocycles. The Labute approximate surface area is 176 Å². The van der Waals surface area contributed by atoms with Crippen molar-refractivity contribution in [1.82, 2.24) is 0 Å². The summed E-state index contributed by atoms with van der Waals surface area (Å²) in [6, 6.07) is 1.74. The molecule has 0 spiro atoms. The lowest BCUT2D eigenvalue weighted by atomic mass is 9.98. The summed E-state index contributed by atoms with van der Waals surface area (Å²) in [7, 11) is 0. The summed E-state index contributed by atoms with van der Waals surface area (Å²) in [5.74, 6) is -4.82. The predicted octanol–water partition coefficient (Wildman–Crippen LogP) is 4.56. The number of hydrogen-bond acceptors (Lipinski definition) is 6. The topological polar surface area (TPSA) is 127 Å². The first-order valence-corrected chi connectivity index (χ1v) is 10.3. The Kier molecular flexibility index (Phi) is 11.2. The number of esters is 2. The highest BCUT2D eigenvalue weighted by Crippen LogP contribution is 2.21. The molecule has 0 aliphatic carbocycles. The Morgan fingerprint density at radius 2 is 1.00 bits per heavy atom.